The summed E-state index contributed by atoms with van der Waals surface area (Å²) in [5, 5.41) is 0. The van der Waals surface area contributed by atoms with Crippen molar-refractivity contribution in [3.05, 3.63) is 36.2 Å². The normalized spacial score (nSPS) is 10.7. The van der Waals surface area contributed by atoms with Crippen LogP contribution in [0.25, 0.3) is 0 Å². The van der Waals surface area contributed by atoms with Crippen LogP contribution in [0.2, 0.25) is 0 Å². The highest BCUT2D eigenvalue weighted by atomic mass is 19.1. The van der Waals surface area contributed by atoms with Gasteiger partial charge in [-0.2, -0.15) is 0 Å². The highest BCUT2D eigenvalue weighted by molar-refractivity contribution is 5.78. The molecule has 0 amide bonds. The Labute approximate surface area is 129 Å². The molecule has 0 aliphatic carbocycles. The Bertz CT molecular complexity index is 576. The summed E-state index contributed by atoms with van der Waals surface area (Å²) in [6, 6.07) is 2.71. The number of esters is 2. The summed E-state index contributed by atoms with van der Waals surface area (Å²) >= 11 is 0. The minimum absolute atomic E-state index is 0.0930. The van der Waals surface area contributed by atoms with E-state index < -0.39 is 23.7 Å². The predicted molar refractivity (Wildman–Crippen MR) is 81.2 cm³/mol. The first-order valence-corrected chi connectivity index (χ1v) is 7.13. The molecule has 0 N–H and O–H groups in total. The number of benzene rings is 1. The molecule has 0 aromatic heterocycles. The zero-order valence-corrected chi connectivity index (χ0v) is 13.3. The van der Waals surface area contributed by atoms with Crippen LogP contribution in [0.15, 0.2) is 24.8 Å². The van der Waals surface area contributed by atoms with Crippen molar-refractivity contribution < 1.29 is 23.5 Å². The summed E-state index contributed by atoms with van der Waals surface area (Å²) in [5.41, 5.74) is 0.573. The molecule has 4 nitrogen and oxygen atoms in total. The number of hydrogen-bond donors (Lipinski definition) is 0. The molecular weight excluding hydrogens is 287 g/mol. The van der Waals surface area contributed by atoms with E-state index >= 15 is 0 Å². The van der Waals surface area contributed by atoms with Crippen molar-refractivity contribution in [2.24, 2.45) is 11.8 Å². The minimum atomic E-state index is -0.750. The van der Waals surface area contributed by atoms with E-state index in [0.717, 1.165) is 0 Å². The van der Waals surface area contributed by atoms with Crippen LogP contribution < -0.4 is 9.47 Å². The second kappa shape index (κ2) is 7.73. The fraction of sp³-hybridized carbons (Fsp3) is 0.412. The lowest BCUT2D eigenvalue weighted by Crippen LogP contribution is -2.19. The number of allylic oxidation sites excluding steroid dienone is 1. The molecule has 0 fully saturated rings. The molecule has 1 rings (SSSR count). The zero-order valence-electron chi connectivity index (χ0n) is 13.3. The molecule has 5 heteroatoms. The molecule has 0 aliphatic rings. The first-order valence-electron chi connectivity index (χ1n) is 7.13. The van der Waals surface area contributed by atoms with Gasteiger partial charge in [-0.1, -0.05) is 33.8 Å². The smallest absolute Gasteiger partial charge is 0.313 e. The fourth-order valence-corrected chi connectivity index (χ4v) is 1.53. The molecule has 0 radical (unpaired) electrons. The van der Waals surface area contributed by atoms with E-state index in [-0.39, 0.29) is 17.4 Å². The number of halogens is 1. The summed E-state index contributed by atoms with van der Waals surface area (Å²) in [7, 11) is 0. The topological polar surface area (TPSA) is 52.6 Å². The lowest BCUT2D eigenvalue weighted by molar-refractivity contribution is -0.140. The van der Waals surface area contributed by atoms with Gasteiger partial charge < -0.3 is 9.47 Å². The van der Waals surface area contributed by atoms with Gasteiger partial charge in [0.2, 0.25) is 5.75 Å². The Morgan fingerprint density at radius 3 is 2.18 bits per heavy atom. The summed E-state index contributed by atoms with van der Waals surface area (Å²) < 4.78 is 24.4. The second-order valence-corrected chi connectivity index (χ2v) is 5.55. The van der Waals surface area contributed by atoms with Gasteiger partial charge in [0.05, 0.1) is 11.8 Å². The second-order valence-electron chi connectivity index (χ2n) is 5.55. The van der Waals surface area contributed by atoms with Crippen molar-refractivity contribution >= 4 is 11.9 Å². The van der Waals surface area contributed by atoms with E-state index in [4.69, 9.17) is 9.47 Å². The summed E-state index contributed by atoms with van der Waals surface area (Å²) in [4.78, 5) is 23.5. The number of carbonyl (C=O) groups excluding carboxylic acids is 2. The number of carbonyl (C=O) groups is 2. The molecular formula is C17H21FO4. The fourth-order valence-electron chi connectivity index (χ4n) is 1.53. The Kier molecular flexibility index (Phi) is 6.28. The maximum atomic E-state index is 14.2. The lowest BCUT2D eigenvalue weighted by Gasteiger charge is -2.14. The highest BCUT2D eigenvalue weighted by Gasteiger charge is 2.22. The van der Waals surface area contributed by atoms with Crippen molar-refractivity contribution in [3.63, 3.8) is 0 Å². The van der Waals surface area contributed by atoms with Gasteiger partial charge >= 0.3 is 11.9 Å². The first-order chi connectivity index (χ1) is 10.3. The molecule has 0 heterocycles. The molecule has 0 spiro atoms. The summed E-state index contributed by atoms with van der Waals surface area (Å²) in [5.74, 6) is -3.15. The Morgan fingerprint density at radius 2 is 1.68 bits per heavy atom. The van der Waals surface area contributed by atoms with Crippen LogP contribution in [0.4, 0.5) is 4.39 Å². The van der Waals surface area contributed by atoms with Crippen LogP contribution in [0, 0.1) is 17.7 Å². The largest absolute Gasteiger partial charge is 0.422 e. The van der Waals surface area contributed by atoms with E-state index in [9.17, 15) is 14.0 Å². The van der Waals surface area contributed by atoms with Gasteiger partial charge in [-0.15, -0.1) is 6.58 Å². The molecule has 1 aromatic carbocycles. The van der Waals surface area contributed by atoms with Crippen molar-refractivity contribution in [3.8, 4) is 11.5 Å². The molecule has 0 aliphatic heterocycles. The average Bonchev–Trinajstić information content (AvgIpc) is 2.42. The molecule has 0 saturated heterocycles. The third-order valence-corrected chi connectivity index (χ3v) is 2.81. The van der Waals surface area contributed by atoms with E-state index in [1.807, 2.05) is 0 Å². The van der Waals surface area contributed by atoms with Crippen LogP contribution in [0.5, 0.6) is 11.5 Å². The van der Waals surface area contributed by atoms with E-state index in [0.29, 0.717) is 12.0 Å². The third-order valence-electron chi connectivity index (χ3n) is 2.81. The SMILES string of the molecule is C=CCc1cc(F)c(OC(=O)C(C)C)c(OC(=O)C(C)C)c1. The quantitative estimate of drug-likeness (QED) is 0.457. The van der Waals surface area contributed by atoms with Crippen LogP contribution in [0.3, 0.4) is 0 Å². The minimum Gasteiger partial charge on any atom is -0.422 e. The van der Waals surface area contributed by atoms with Gasteiger partial charge in [0.15, 0.2) is 11.6 Å². The Morgan fingerprint density at radius 1 is 1.14 bits per heavy atom. The molecule has 0 bridgehead atoms. The van der Waals surface area contributed by atoms with Gasteiger partial charge in [-0.3, -0.25) is 9.59 Å². The van der Waals surface area contributed by atoms with Crippen LogP contribution in [-0.2, 0) is 16.0 Å². The van der Waals surface area contributed by atoms with E-state index in [1.165, 1.54) is 12.1 Å². The number of ether oxygens (including phenoxy) is 2. The van der Waals surface area contributed by atoms with Gasteiger partial charge in [-0.05, 0) is 24.1 Å². The van der Waals surface area contributed by atoms with Gasteiger partial charge in [0, 0.05) is 0 Å². The van der Waals surface area contributed by atoms with Crippen molar-refractivity contribution in [1.29, 1.82) is 0 Å². The monoisotopic (exact) mass is 308 g/mol. The standard InChI is InChI=1S/C17H21FO4/c1-6-7-12-8-13(18)15(22-17(20)11(4)5)14(9-12)21-16(19)10(2)3/h6,8-11H,1,7H2,2-5H3. The Hall–Kier alpha value is -2.17. The molecule has 0 atom stereocenters. The summed E-state index contributed by atoms with van der Waals surface area (Å²) in [6.07, 6.45) is 2.00. The molecule has 120 valence electrons. The van der Waals surface area contributed by atoms with Crippen molar-refractivity contribution in [2.75, 3.05) is 0 Å². The lowest BCUT2D eigenvalue weighted by atomic mass is 10.1. The maximum absolute atomic E-state index is 14.2. The maximum Gasteiger partial charge on any atom is 0.313 e. The van der Waals surface area contributed by atoms with Gasteiger partial charge in [0.25, 0.3) is 0 Å². The zero-order chi connectivity index (χ0) is 16.9. The molecule has 22 heavy (non-hydrogen) atoms. The average molecular weight is 308 g/mol. The number of hydrogen-bond acceptors (Lipinski definition) is 4. The first kappa shape index (κ1) is 17.9. The predicted octanol–water partition coefficient (Wildman–Crippen LogP) is 3.68. The summed E-state index contributed by atoms with van der Waals surface area (Å²) in [6.45, 7) is 10.2. The molecule has 0 unspecified atom stereocenters. The van der Waals surface area contributed by atoms with Crippen LogP contribution in [0.1, 0.15) is 33.3 Å². The van der Waals surface area contributed by atoms with Gasteiger partial charge in [0.1, 0.15) is 0 Å². The number of rotatable bonds is 6. The van der Waals surface area contributed by atoms with Gasteiger partial charge in [-0.25, -0.2) is 4.39 Å². The molecule has 1 aromatic rings. The highest BCUT2D eigenvalue weighted by Crippen LogP contribution is 2.33. The van der Waals surface area contributed by atoms with E-state index in [2.05, 4.69) is 6.58 Å². The van der Waals surface area contributed by atoms with Crippen LogP contribution >= 0.6 is 0 Å². The Balaban J connectivity index is 3.23. The van der Waals surface area contributed by atoms with Crippen LogP contribution in [-0.4, -0.2) is 11.9 Å². The molecule has 0 saturated carbocycles. The third kappa shape index (κ3) is 4.69. The van der Waals surface area contributed by atoms with E-state index in [1.54, 1.807) is 33.8 Å². The van der Waals surface area contributed by atoms with Crippen molar-refractivity contribution in [1.82, 2.24) is 0 Å². The van der Waals surface area contributed by atoms with Crippen molar-refractivity contribution in [2.45, 2.75) is 34.1 Å².